The maximum absolute atomic E-state index is 12.5. The van der Waals surface area contributed by atoms with Crippen molar-refractivity contribution in [1.29, 1.82) is 0 Å². The lowest BCUT2D eigenvalue weighted by Crippen LogP contribution is -2.33. The SMILES string of the molecule is O=C(NCc1ncc(N2CCN(CC3CC3)C2=O)nc1Cl)c1cccnc1. The lowest BCUT2D eigenvalue weighted by molar-refractivity contribution is 0.0950. The van der Waals surface area contributed by atoms with Gasteiger partial charge in [0.25, 0.3) is 5.91 Å². The molecule has 2 aliphatic rings. The van der Waals surface area contributed by atoms with E-state index in [0.29, 0.717) is 36.1 Å². The van der Waals surface area contributed by atoms with Crippen molar-refractivity contribution >= 4 is 29.4 Å². The van der Waals surface area contributed by atoms with Crippen LogP contribution in [0.2, 0.25) is 5.15 Å². The van der Waals surface area contributed by atoms with Crippen LogP contribution in [0.4, 0.5) is 10.6 Å². The maximum atomic E-state index is 12.5. The number of anilines is 1. The van der Waals surface area contributed by atoms with Gasteiger partial charge in [0, 0.05) is 32.0 Å². The molecular weight excluding hydrogens is 368 g/mol. The summed E-state index contributed by atoms with van der Waals surface area (Å²) >= 11 is 6.23. The number of nitrogens with zero attached hydrogens (tertiary/aromatic N) is 5. The summed E-state index contributed by atoms with van der Waals surface area (Å²) < 4.78 is 0. The summed E-state index contributed by atoms with van der Waals surface area (Å²) in [6.45, 7) is 2.22. The molecule has 1 aliphatic heterocycles. The summed E-state index contributed by atoms with van der Waals surface area (Å²) in [4.78, 5) is 40.5. The number of hydrogen-bond donors (Lipinski definition) is 1. The monoisotopic (exact) mass is 386 g/mol. The van der Waals surface area contributed by atoms with Gasteiger partial charge in [-0.25, -0.2) is 9.78 Å². The van der Waals surface area contributed by atoms with Crippen molar-refractivity contribution < 1.29 is 9.59 Å². The van der Waals surface area contributed by atoms with E-state index < -0.39 is 0 Å². The molecule has 3 heterocycles. The van der Waals surface area contributed by atoms with Crippen LogP contribution in [0, 0.1) is 5.92 Å². The fourth-order valence-corrected chi connectivity index (χ4v) is 3.17. The molecule has 1 saturated heterocycles. The van der Waals surface area contributed by atoms with Gasteiger partial charge in [-0.1, -0.05) is 11.6 Å². The molecule has 2 fully saturated rings. The Kier molecular flexibility index (Phi) is 4.89. The Morgan fingerprint density at radius 1 is 1.30 bits per heavy atom. The predicted molar refractivity (Wildman–Crippen MR) is 99.5 cm³/mol. The number of rotatable bonds is 6. The van der Waals surface area contributed by atoms with Crippen molar-refractivity contribution in [3.05, 3.63) is 47.1 Å². The van der Waals surface area contributed by atoms with Crippen LogP contribution >= 0.6 is 11.6 Å². The molecule has 1 N–H and O–H groups in total. The molecule has 2 aromatic rings. The van der Waals surface area contributed by atoms with Crippen LogP contribution in [-0.2, 0) is 6.54 Å². The van der Waals surface area contributed by atoms with Crippen LogP contribution in [0.15, 0.2) is 30.7 Å². The first kappa shape index (κ1) is 17.7. The zero-order chi connectivity index (χ0) is 18.8. The predicted octanol–water partition coefficient (Wildman–Crippen LogP) is 2.11. The Labute approximate surface area is 161 Å². The normalized spacial score (nSPS) is 16.7. The number of hydrogen-bond acceptors (Lipinski definition) is 5. The summed E-state index contributed by atoms with van der Waals surface area (Å²) in [5.41, 5.74) is 0.899. The van der Waals surface area contributed by atoms with E-state index in [9.17, 15) is 9.59 Å². The highest BCUT2D eigenvalue weighted by atomic mass is 35.5. The molecule has 0 bridgehead atoms. The van der Waals surface area contributed by atoms with Crippen molar-refractivity contribution in [2.75, 3.05) is 24.5 Å². The number of nitrogens with one attached hydrogen (secondary N) is 1. The standard InChI is InChI=1S/C18H19ClN6O2/c19-16-14(9-22-17(26)13-2-1-5-20-8-13)21-10-15(23-16)25-7-6-24(18(25)27)11-12-3-4-12/h1-2,5,8,10,12H,3-4,6-7,9,11H2,(H,22,26). The van der Waals surface area contributed by atoms with E-state index in [-0.39, 0.29) is 23.6 Å². The van der Waals surface area contributed by atoms with Gasteiger partial charge in [0.1, 0.15) is 0 Å². The molecule has 2 aromatic heterocycles. The lowest BCUT2D eigenvalue weighted by Gasteiger charge is -2.18. The number of carbonyl (C=O) groups is 2. The summed E-state index contributed by atoms with van der Waals surface area (Å²) in [7, 11) is 0. The minimum Gasteiger partial charge on any atom is -0.346 e. The quantitative estimate of drug-likeness (QED) is 0.820. The van der Waals surface area contributed by atoms with Crippen LogP contribution in [0.3, 0.4) is 0 Å². The van der Waals surface area contributed by atoms with Crippen molar-refractivity contribution in [3.8, 4) is 0 Å². The second-order valence-electron chi connectivity index (χ2n) is 6.71. The smallest absolute Gasteiger partial charge is 0.325 e. The van der Waals surface area contributed by atoms with Gasteiger partial charge in [-0.2, -0.15) is 0 Å². The average molecular weight is 387 g/mol. The third-order valence-corrected chi connectivity index (χ3v) is 4.98. The molecule has 4 rings (SSSR count). The van der Waals surface area contributed by atoms with Gasteiger partial charge >= 0.3 is 6.03 Å². The first-order valence-electron chi connectivity index (χ1n) is 8.88. The first-order chi connectivity index (χ1) is 13.1. The van der Waals surface area contributed by atoms with Gasteiger partial charge in [-0.15, -0.1) is 0 Å². The second kappa shape index (κ2) is 7.48. The van der Waals surface area contributed by atoms with Gasteiger partial charge in [-0.05, 0) is 30.9 Å². The first-order valence-corrected chi connectivity index (χ1v) is 9.25. The van der Waals surface area contributed by atoms with E-state index in [1.165, 1.54) is 25.2 Å². The maximum Gasteiger partial charge on any atom is 0.325 e. The Morgan fingerprint density at radius 2 is 2.15 bits per heavy atom. The van der Waals surface area contributed by atoms with Gasteiger partial charge in [0.2, 0.25) is 0 Å². The highest BCUT2D eigenvalue weighted by Crippen LogP contribution is 2.31. The van der Waals surface area contributed by atoms with Crippen molar-refractivity contribution in [1.82, 2.24) is 25.2 Å². The fourth-order valence-electron chi connectivity index (χ4n) is 2.97. The topological polar surface area (TPSA) is 91.3 Å². The molecule has 1 saturated carbocycles. The molecule has 0 radical (unpaired) electrons. The number of carbonyl (C=O) groups excluding carboxylic acids is 2. The van der Waals surface area contributed by atoms with Gasteiger partial charge in [0.05, 0.1) is 24.0 Å². The Morgan fingerprint density at radius 3 is 2.85 bits per heavy atom. The molecule has 140 valence electrons. The molecule has 1 aliphatic carbocycles. The number of halogens is 1. The van der Waals surface area contributed by atoms with E-state index in [1.807, 2.05) is 4.90 Å². The summed E-state index contributed by atoms with van der Waals surface area (Å²) in [6, 6.07) is 3.31. The minimum absolute atomic E-state index is 0.0510. The number of amides is 3. The molecular formula is C18H19ClN6O2. The Hall–Kier alpha value is -2.74. The second-order valence-corrected chi connectivity index (χ2v) is 7.07. The highest BCUT2D eigenvalue weighted by Gasteiger charge is 2.34. The lowest BCUT2D eigenvalue weighted by atomic mass is 10.2. The number of urea groups is 1. The minimum atomic E-state index is -0.268. The van der Waals surface area contributed by atoms with Crippen LogP contribution in [0.25, 0.3) is 0 Å². The van der Waals surface area contributed by atoms with Crippen LogP contribution in [0.5, 0.6) is 0 Å². The van der Waals surface area contributed by atoms with Gasteiger partial charge in [-0.3, -0.25) is 19.7 Å². The largest absolute Gasteiger partial charge is 0.346 e. The van der Waals surface area contributed by atoms with Crippen LogP contribution < -0.4 is 10.2 Å². The number of pyridine rings is 1. The van der Waals surface area contributed by atoms with Gasteiger partial charge < -0.3 is 10.2 Å². The van der Waals surface area contributed by atoms with E-state index >= 15 is 0 Å². The molecule has 0 unspecified atom stereocenters. The molecule has 8 nitrogen and oxygen atoms in total. The average Bonchev–Trinajstić information content (AvgIpc) is 3.43. The molecule has 0 spiro atoms. The third-order valence-electron chi connectivity index (χ3n) is 4.67. The Balaban J connectivity index is 1.39. The number of aromatic nitrogens is 3. The summed E-state index contributed by atoms with van der Waals surface area (Å²) in [5.74, 6) is 0.815. The van der Waals surface area contributed by atoms with Crippen molar-refractivity contribution in [3.63, 3.8) is 0 Å². The summed E-state index contributed by atoms with van der Waals surface area (Å²) in [5, 5.41) is 2.91. The van der Waals surface area contributed by atoms with Crippen LogP contribution in [-0.4, -0.2) is 51.4 Å². The molecule has 9 heteroatoms. The molecule has 27 heavy (non-hydrogen) atoms. The zero-order valence-corrected chi connectivity index (χ0v) is 15.4. The van der Waals surface area contributed by atoms with E-state index in [4.69, 9.17) is 11.6 Å². The summed E-state index contributed by atoms with van der Waals surface area (Å²) in [6.07, 6.45) is 7.01. The highest BCUT2D eigenvalue weighted by molar-refractivity contribution is 6.30. The van der Waals surface area contributed by atoms with E-state index in [1.54, 1.807) is 23.2 Å². The molecule has 0 aromatic carbocycles. The van der Waals surface area contributed by atoms with Crippen LogP contribution in [0.1, 0.15) is 28.9 Å². The van der Waals surface area contributed by atoms with Gasteiger partial charge in [0.15, 0.2) is 11.0 Å². The zero-order valence-electron chi connectivity index (χ0n) is 14.6. The third kappa shape index (κ3) is 4.00. The molecule has 0 atom stereocenters. The van der Waals surface area contributed by atoms with E-state index in [0.717, 1.165) is 6.54 Å². The fraction of sp³-hybridized carbons (Fsp3) is 0.389. The van der Waals surface area contributed by atoms with Crippen molar-refractivity contribution in [2.45, 2.75) is 19.4 Å². The van der Waals surface area contributed by atoms with Crippen molar-refractivity contribution in [2.24, 2.45) is 5.92 Å². The molecule has 3 amide bonds. The van der Waals surface area contributed by atoms with E-state index in [2.05, 4.69) is 20.3 Å². The Bertz CT molecular complexity index is 858.